The average molecular weight is 189 g/mol. The Morgan fingerprint density at radius 3 is 2.38 bits per heavy atom. The van der Waals surface area contributed by atoms with Crippen molar-refractivity contribution >= 4 is 0 Å². The maximum atomic E-state index is 10.5. The Bertz CT molecular complexity index is 169. The largest absolute Gasteiger partial charge is 0.309 e. The molecule has 0 aliphatic rings. The van der Waals surface area contributed by atoms with Crippen molar-refractivity contribution in [2.24, 2.45) is 0 Å². The van der Waals surface area contributed by atoms with Crippen LogP contribution in [0.3, 0.4) is 0 Å². The Morgan fingerprint density at radius 1 is 1.46 bits per heavy atom. The molecule has 0 saturated carbocycles. The van der Waals surface area contributed by atoms with Crippen LogP contribution in [-0.2, 0) is 0 Å². The van der Waals surface area contributed by atoms with Crippen molar-refractivity contribution in [2.75, 3.05) is 33.7 Å². The van der Waals surface area contributed by atoms with E-state index < -0.39 is 5.54 Å². The highest BCUT2D eigenvalue weighted by molar-refractivity contribution is 4.70. The van der Waals surface area contributed by atoms with E-state index in [-0.39, 0.29) is 4.92 Å². The van der Waals surface area contributed by atoms with E-state index in [0.717, 1.165) is 13.1 Å². The number of nitrogens with one attached hydrogen (secondary N) is 1. The highest BCUT2D eigenvalue weighted by atomic mass is 16.6. The van der Waals surface area contributed by atoms with E-state index in [1.54, 1.807) is 13.8 Å². The van der Waals surface area contributed by atoms with Gasteiger partial charge in [-0.3, -0.25) is 10.1 Å². The zero-order chi connectivity index (χ0) is 10.5. The van der Waals surface area contributed by atoms with E-state index in [1.165, 1.54) is 0 Å². The molecule has 0 aliphatic heterocycles. The maximum absolute atomic E-state index is 10.5. The lowest BCUT2D eigenvalue weighted by atomic mass is 10.1. The maximum Gasteiger partial charge on any atom is 0.229 e. The lowest BCUT2D eigenvalue weighted by Crippen LogP contribution is -2.43. The number of likely N-dealkylation sites (N-methyl/N-ethyl adjacent to an activating group) is 1. The van der Waals surface area contributed by atoms with Crippen LogP contribution in [0.5, 0.6) is 0 Å². The number of rotatable bonds is 6. The molecule has 0 atom stereocenters. The third-order valence-corrected chi connectivity index (χ3v) is 1.79. The predicted molar refractivity (Wildman–Crippen MR) is 52.5 cm³/mol. The second-order valence-electron chi connectivity index (χ2n) is 4.05. The first-order chi connectivity index (χ1) is 5.86. The van der Waals surface area contributed by atoms with E-state index in [9.17, 15) is 10.1 Å². The molecule has 0 aromatic heterocycles. The molecule has 0 unspecified atom stereocenters. The van der Waals surface area contributed by atoms with E-state index in [1.807, 2.05) is 19.0 Å². The van der Waals surface area contributed by atoms with Crippen LogP contribution in [-0.4, -0.2) is 49.1 Å². The van der Waals surface area contributed by atoms with Gasteiger partial charge in [-0.15, -0.1) is 0 Å². The number of hydrogen-bond donors (Lipinski definition) is 1. The van der Waals surface area contributed by atoms with Gasteiger partial charge in [0.15, 0.2) is 0 Å². The Kier molecular flexibility index (Phi) is 4.87. The van der Waals surface area contributed by atoms with Gasteiger partial charge in [0.05, 0.1) is 6.54 Å². The van der Waals surface area contributed by atoms with E-state index in [0.29, 0.717) is 6.54 Å². The van der Waals surface area contributed by atoms with Gasteiger partial charge in [0.25, 0.3) is 0 Å². The fourth-order valence-electron chi connectivity index (χ4n) is 0.762. The standard InChI is InChI=1S/C8H19N3O2/c1-8(2,11(12)13)7-9-5-6-10(3)4/h9H,5-7H2,1-4H3. The van der Waals surface area contributed by atoms with Gasteiger partial charge in [0.1, 0.15) is 0 Å². The molecule has 13 heavy (non-hydrogen) atoms. The highest BCUT2D eigenvalue weighted by Crippen LogP contribution is 2.04. The Labute approximate surface area is 79.3 Å². The molecule has 5 nitrogen and oxygen atoms in total. The van der Waals surface area contributed by atoms with Crippen LogP contribution in [0.2, 0.25) is 0 Å². The van der Waals surface area contributed by atoms with Gasteiger partial charge < -0.3 is 10.2 Å². The van der Waals surface area contributed by atoms with Crippen molar-refractivity contribution in [3.63, 3.8) is 0 Å². The quantitative estimate of drug-likeness (QED) is 0.368. The van der Waals surface area contributed by atoms with Crippen LogP contribution >= 0.6 is 0 Å². The van der Waals surface area contributed by atoms with Gasteiger partial charge >= 0.3 is 0 Å². The fourth-order valence-corrected chi connectivity index (χ4v) is 0.762. The smallest absolute Gasteiger partial charge is 0.229 e. The molecule has 0 radical (unpaired) electrons. The summed E-state index contributed by atoms with van der Waals surface area (Å²) in [5.74, 6) is 0. The average Bonchev–Trinajstić information content (AvgIpc) is 1.97. The molecule has 0 heterocycles. The topological polar surface area (TPSA) is 58.4 Å². The summed E-state index contributed by atoms with van der Waals surface area (Å²) < 4.78 is 0. The van der Waals surface area contributed by atoms with Crippen LogP contribution in [0.1, 0.15) is 13.8 Å². The number of nitrogens with zero attached hydrogens (tertiary/aromatic N) is 2. The fraction of sp³-hybridized carbons (Fsp3) is 1.00. The first-order valence-electron chi connectivity index (χ1n) is 4.36. The zero-order valence-electron chi connectivity index (χ0n) is 8.83. The van der Waals surface area contributed by atoms with Gasteiger partial charge in [-0.2, -0.15) is 0 Å². The van der Waals surface area contributed by atoms with Crippen molar-refractivity contribution in [3.8, 4) is 0 Å². The van der Waals surface area contributed by atoms with Crippen LogP contribution in [0.4, 0.5) is 0 Å². The summed E-state index contributed by atoms with van der Waals surface area (Å²) in [6, 6.07) is 0. The zero-order valence-corrected chi connectivity index (χ0v) is 8.83. The normalized spacial score (nSPS) is 12.1. The molecule has 0 bridgehead atoms. The van der Waals surface area contributed by atoms with Crippen LogP contribution in [0.25, 0.3) is 0 Å². The summed E-state index contributed by atoms with van der Waals surface area (Å²) in [5.41, 5.74) is -0.869. The summed E-state index contributed by atoms with van der Waals surface area (Å²) in [6.45, 7) is 5.33. The number of hydrogen-bond acceptors (Lipinski definition) is 4. The molecule has 78 valence electrons. The molecule has 5 heteroatoms. The molecule has 0 spiro atoms. The molecule has 0 rings (SSSR count). The summed E-state index contributed by atoms with van der Waals surface area (Å²) in [4.78, 5) is 12.3. The first kappa shape index (κ1) is 12.3. The van der Waals surface area contributed by atoms with Crippen molar-refractivity contribution in [3.05, 3.63) is 10.1 Å². The SMILES string of the molecule is CN(C)CCNCC(C)(C)[N+](=O)[O-]. The van der Waals surface area contributed by atoms with Gasteiger partial charge in [-0.05, 0) is 14.1 Å². The predicted octanol–water partition coefficient (Wildman–Crippen LogP) is 0.193. The summed E-state index contributed by atoms with van der Waals surface area (Å²) in [5, 5.41) is 13.6. The minimum Gasteiger partial charge on any atom is -0.309 e. The summed E-state index contributed by atoms with van der Waals surface area (Å²) in [7, 11) is 3.95. The lowest BCUT2D eigenvalue weighted by Gasteiger charge is -2.17. The van der Waals surface area contributed by atoms with Gasteiger partial charge in [0, 0.05) is 31.9 Å². The summed E-state index contributed by atoms with van der Waals surface area (Å²) in [6.07, 6.45) is 0. The molecule has 0 fully saturated rings. The van der Waals surface area contributed by atoms with Crippen molar-refractivity contribution < 1.29 is 4.92 Å². The van der Waals surface area contributed by atoms with E-state index in [4.69, 9.17) is 0 Å². The van der Waals surface area contributed by atoms with Crippen molar-refractivity contribution in [1.29, 1.82) is 0 Å². The molecule has 0 amide bonds. The van der Waals surface area contributed by atoms with Gasteiger partial charge in [-0.1, -0.05) is 0 Å². The minimum atomic E-state index is -0.869. The third-order valence-electron chi connectivity index (χ3n) is 1.79. The Hall–Kier alpha value is -0.680. The highest BCUT2D eigenvalue weighted by Gasteiger charge is 2.29. The third kappa shape index (κ3) is 5.54. The monoisotopic (exact) mass is 189 g/mol. The molecular weight excluding hydrogens is 170 g/mol. The number of nitro groups is 1. The molecule has 0 aliphatic carbocycles. The summed E-state index contributed by atoms with van der Waals surface area (Å²) >= 11 is 0. The van der Waals surface area contributed by atoms with Gasteiger partial charge in [0.2, 0.25) is 5.54 Å². The van der Waals surface area contributed by atoms with Crippen LogP contribution in [0.15, 0.2) is 0 Å². The first-order valence-corrected chi connectivity index (χ1v) is 4.36. The Balaban J connectivity index is 3.58. The molecule has 0 aromatic rings. The molecule has 1 N–H and O–H groups in total. The van der Waals surface area contributed by atoms with Crippen molar-refractivity contribution in [2.45, 2.75) is 19.4 Å². The van der Waals surface area contributed by atoms with Crippen molar-refractivity contribution in [1.82, 2.24) is 10.2 Å². The van der Waals surface area contributed by atoms with Crippen LogP contribution in [0, 0.1) is 10.1 Å². The Morgan fingerprint density at radius 2 is 2.00 bits per heavy atom. The molecule has 0 saturated heterocycles. The van der Waals surface area contributed by atoms with Gasteiger partial charge in [-0.25, -0.2) is 0 Å². The molecular formula is C8H19N3O2. The lowest BCUT2D eigenvalue weighted by molar-refractivity contribution is -0.558. The second kappa shape index (κ2) is 5.14. The van der Waals surface area contributed by atoms with Crippen LogP contribution < -0.4 is 5.32 Å². The minimum absolute atomic E-state index is 0.254. The van der Waals surface area contributed by atoms with E-state index in [2.05, 4.69) is 5.32 Å². The molecule has 0 aromatic carbocycles. The van der Waals surface area contributed by atoms with E-state index >= 15 is 0 Å². The second-order valence-corrected chi connectivity index (χ2v) is 4.05.